The lowest BCUT2D eigenvalue weighted by Gasteiger charge is -2.26. The molecule has 0 bridgehead atoms. The van der Waals surface area contributed by atoms with Crippen molar-refractivity contribution < 1.29 is 18.4 Å². The minimum absolute atomic E-state index is 0.0778. The number of halogens is 2. The average Bonchev–Trinajstić information content (AvgIpc) is 2.37. The molecule has 0 aliphatic carbocycles. The number of carbonyl (C=O) groups excluding carboxylic acids is 2. The third kappa shape index (κ3) is 3.47. The lowest BCUT2D eigenvalue weighted by molar-refractivity contribution is -0.143. The molecule has 1 aliphatic rings. The molecule has 0 aromatic heterocycles. The summed E-state index contributed by atoms with van der Waals surface area (Å²) < 4.78 is 25.9. The lowest BCUT2D eigenvalue weighted by atomic mass is 10.3. The van der Waals surface area contributed by atoms with Crippen LogP contribution in [0.3, 0.4) is 0 Å². The highest BCUT2D eigenvalue weighted by molar-refractivity contribution is 6.39. The fourth-order valence-corrected chi connectivity index (χ4v) is 1.82. The van der Waals surface area contributed by atoms with E-state index in [4.69, 9.17) is 0 Å². The molecule has 0 unspecified atom stereocenters. The van der Waals surface area contributed by atoms with Crippen molar-refractivity contribution in [3.05, 3.63) is 29.8 Å². The quantitative estimate of drug-likeness (QED) is 0.723. The van der Waals surface area contributed by atoms with Crippen molar-refractivity contribution >= 4 is 17.5 Å². The topological polar surface area (TPSA) is 61.4 Å². The second kappa shape index (κ2) is 5.75. The first-order valence-electron chi connectivity index (χ1n) is 5.83. The van der Waals surface area contributed by atoms with Gasteiger partial charge in [0, 0.05) is 37.9 Å². The highest BCUT2D eigenvalue weighted by Gasteiger charge is 2.23. The van der Waals surface area contributed by atoms with Gasteiger partial charge in [0.1, 0.15) is 11.6 Å². The van der Waals surface area contributed by atoms with E-state index in [-0.39, 0.29) is 5.69 Å². The predicted octanol–water partition coefficient (Wildman–Crippen LogP) is 0.335. The third-order valence-corrected chi connectivity index (χ3v) is 2.72. The molecule has 7 heteroatoms. The predicted molar refractivity (Wildman–Crippen MR) is 64.4 cm³/mol. The smallest absolute Gasteiger partial charge is 0.313 e. The van der Waals surface area contributed by atoms with Crippen LogP contribution in [0.1, 0.15) is 0 Å². The highest BCUT2D eigenvalue weighted by atomic mass is 19.1. The number of nitrogens with zero attached hydrogens (tertiary/aromatic N) is 1. The summed E-state index contributed by atoms with van der Waals surface area (Å²) >= 11 is 0. The Morgan fingerprint density at radius 1 is 1.11 bits per heavy atom. The number of piperazine rings is 1. The van der Waals surface area contributed by atoms with Crippen molar-refractivity contribution in [2.24, 2.45) is 0 Å². The molecule has 1 saturated heterocycles. The Morgan fingerprint density at radius 2 is 1.68 bits per heavy atom. The fourth-order valence-electron chi connectivity index (χ4n) is 1.82. The van der Waals surface area contributed by atoms with Crippen LogP contribution in [0, 0.1) is 11.6 Å². The van der Waals surface area contributed by atoms with Crippen molar-refractivity contribution in [2.45, 2.75) is 0 Å². The minimum Gasteiger partial charge on any atom is -0.332 e. The molecule has 2 amide bonds. The second-order valence-electron chi connectivity index (χ2n) is 4.15. The van der Waals surface area contributed by atoms with Crippen molar-refractivity contribution in [1.29, 1.82) is 0 Å². The number of benzene rings is 1. The van der Waals surface area contributed by atoms with Crippen LogP contribution in [0.4, 0.5) is 14.5 Å². The minimum atomic E-state index is -0.896. The van der Waals surface area contributed by atoms with Gasteiger partial charge in [-0.1, -0.05) is 0 Å². The van der Waals surface area contributed by atoms with Gasteiger partial charge in [0.25, 0.3) is 0 Å². The summed E-state index contributed by atoms with van der Waals surface area (Å²) in [7, 11) is 0. The first-order valence-corrected chi connectivity index (χ1v) is 5.83. The lowest BCUT2D eigenvalue weighted by Crippen LogP contribution is -2.49. The molecule has 1 heterocycles. The number of nitrogens with one attached hydrogen (secondary N) is 2. The van der Waals surface area contributed by atoms with Gasteiger partial charge in [0.2, 0.25) is 0 Å². The first kappa shape index (κ1) is 13.4. The number of hydrogen-bond donors (Lipinski definition) is 2. The van der Waals surface area contributed by atoms with Crippen molar-refractivity contribution in [3.8, 4) is 0 Å². The van der Waals surface area contributed by atoms with Crippen molar-refractivity contribution in [3.63, 3.8) is 0 Å². The molecule has 1 aromatic carbocycles. The van der Waals surface area contributed by atoms with Gasteiger partial charge < -0.3 is 15.5 Å². The van der Waals surface area contributed by atoms with Crippen LogP contribution in [0.25, 0.3) is 0 Å². The van der Waals surface area contributed by atoms with Crippen LogP contribution in [-0.4, -0.2) is 42.9 Å². The molecule has 0 spiro atoms. The Bertz CT molecular complexity index is 481. The van der Waals surface area contributed by atoms with E-state index in [0.29, 0.717) is 32.2 Å². The van der Waals surface area contributed by atoms with E-state index >= 15 is 0 Å². The van der Waals surface area contributed by atoms with Gasteiger partial charge in [-0.15, -0.1) is 0 Å². The molecule has 0 atom stereocenters. The standard InChI is InChI=1S/C12H13F2N3O2/c13-8-5-9(14)7-10(6-8)16-11(18)12(19)17-3-1-15-2-4-17/h5-7,15H,1-4H2,(H,16,18). The molecule has 19 heavy (non-hydrogen) atoms. The van der Waals surface area contributed by atoms with Gasteiger partial charge in [0.05, 0.1) is 0 Å². The van der Waals surface area contributed by atoms with Crippen LogP contribution >= 0.6 is 0 Å². The average molecular weight is 269 g/mol. The molecular weight excluding hydrogens is 256 g/mol. The molecule has 0 radical (unpaired) electrons. The molecule has 5 nitrogen and oxygen atoms in total. The highest BCUT2D eigenvalue weighted by Crippen LogP contribution is 2.13. The van der Waals surface area contributed by atoms with E-state index in [2.05, 4.69) is 10.6 Å². The van der Waals surface area contributed by atoms with E-state index in [1.807, 2.05) is 0 Å². The SMILES string of the molecule is O=C(Nc1cc(F)cc(F)c1)C(=O)N1CCNCC1. The van der Waals surface area contributed by atoms with Gasteiger partial charge in [-0.3, -0.25) is 9.59 Å². The summed E-state index contributed by atoms with van der Waals surface area (Å²) in [6, 6.07) is 2.59. The fraction of sp³-hybridized carbons (Fsp3) is 0.333. The molecule has 1 aliphatic heterocycles. The Hall–Kier alpha value is -2.02. The van der Waals surface area contributed by atoms with E-state index in [9.17, 15) is 18.4 Å². The summed E-state index contributed by atoms with van der Waals surface area (Å²) in [5, 5.41) is 5.24. The number of rotatable bonds is 1. The van der Waals surface area contributed by atoms with Gasteiger partial charge in [-0.25, -0.2) is 8.78 Å². The molecule has 1 fully saturated rings. The molecule has 2 rings (SSSR count). The van der Waals surface area contributed by atoms with Crippen LogP contribution < -0.4 is 10.6 Å². The maximum atomic E-state index is 12.9. The number of carbonyl (C=O) groups is 2. The Kier molecular flexibility index (Phi) is 4.06. The zero-order valence-corrected chi connectivity index (χ0v) is 10.1. The number of amides is 2. The van der Waals surface area contributed by atoms with E-state index in [1.165, 1.54) is 4.90 Å². The van der Waals surface area contributed by atoms with Crippen molar-refractivity contribution in [1.82, 2.24) is 10.2 Å². The first-order chi connectivity index (χ1) is 9.06. The maximum Gasteiger partial charge on any atom is 0.313 e. The second-order valence-corrected chi connectivity index (χ2v) is 4.15. The summed E-state index contributed by atoms with van der Waals surface area (Å²) in [4.78, 5) is 24.8. The zero-order chi connectivity index (χ0) is 13.8. The van der Waals surface area contributed by atoms with Gasteiger partial charge in [-0.05, 0) is 12.1 Å². The summed E-state index contributed by atoms with van der Waals surface area (Å²) in [6.07, 6.45) is 0. The van der Waals surface area contributed by atoms with Gasteiger partial charge >= 0.3 is 11.8 Å². The Morgan fingerprint density at radius 3 is 2.26 bits per heavy atom. The van der Waals surface area contributed by atoms with E-state index in [1.54, 1.807) is 0 Å². The van der Waals surface area contributed by atoms with Crippen LogP contribution in [0.2, 0.25) is 0 Å². The van der Waals surface area contributed by atoms with E-state index in [0.717, 1.165) is 12.1 Å². The normalized spacial score (nSPS) is 15.2. The van der Waals surface area contributed by atoms with Gasteiger partial charge in [0.15, 0.2) is 0 Å². The summed E-state index contributed by atoms with van der Waals surface area (Å²) in [5.74, 6) is -3.23. The molecule has 2 N–H and O–H groups in total. The monoisotopic (exact) mass is 269 g/mol. The largest absolute Gasteiger partial charge is 0.332 e. The third-order valence-electron chi connectivity index (χ3n) is 2.72. The summed E-state index contributed by atoms with van der Waals surface area (Å²) in [5.41, 5.74) is -0.0778. The molecular formula is C12H13F2N3O2. The van der Waals surface area contributed by atoms with Crippen LogP contribution in [-0.2, 0) is 9.59 Å². The summed E-state index contributed by atoms with van der Waals surface area (Å²) in [6.45, 7) is 2.11. The molecule has 1 aromatic rings. The van der Waals surface area contributed by atoms with Gasteiger partial charge in [-0.2, -0.15) is 0 Å². The number of hydrogen-bond acceptors (Lipinski definition) is 3. The van der Waals surface area contributed by atoms with E-state index < -0.39 is 23.4 Å². The Balaban J connectivity index is 2.01. The zero-order valence-electron chi connectivity index (χ0n) is 10.1. The Labute approximate surface area is 108 Å². The van der Waals surface area contributed by atoms with Crippen molar-refractivity contribution in [2.75, 3.05) is 31.5 Å². The van der Waals surface area contributed by atoms with Crippen LogP contribution in [0.5, 0.6) is 0 Å². The maximum absolute atomic E-state index is 12.9. The molecule has 102 valence electrons. The van der Waals surface area contributed by atoms with Crippen LogP contribution in [0.15, 0.2) is 18.2 Å². The molecule has 0 saturated carbocycles. The number of anilines is 1.